The van der Waals surface area contributed by atoms with Crippen molar-refractivity contribution in [1.82, 2.24) is 4.90 Å². The molecule has 7 heteroatoms. The predicted molar refractivity (Wildman–Crippen MR) is 130 cm³/mol. The van der Waals surface area contributed by atoms with E-state index in [1.54, 1.807) is 48.5 Å². The van der Waals surface area contributed by atoms with E-state index in [1.165, 1.54) is 12.0 Å². The standard InChI is InChI=1S/C28H25NO6/c1-3-35-22-15-13-20(14-16-22)25(30)23-24(19-9-11-21(12-10-19)28(33)34-2)29(27(32)26(23)31)17-18-7-5-4-6-8-18/h4-16,24,30H,3,17H2,1-2H3. The van der Waals surface area contributed by atoms with E-state index in [1.807, 2.05) is 37.3 Å². The SMILES string of the molecule is CCOc1ccc(C(O)=C2C(=O)C(=O)N(Cc3ccccc3)C2c2ccc(C(=O)OC)cc2)cc1. The molecule has 1 amide bonds. The van der Waals surface area contributed by atoms with Crippen molar-refractivity contribution in [2.24, 2.45) is 0 Å². The Morgan fingerprint density at radius 1 is 0.914 bits per heavy atom. The zero-order chi connectivity index (χ0) is 24.9. The minimum Gasteiger partial charge on any atom is -0.507 e. The van der Waals surface area contributed by atoms with Gasteiger partial charge in [-0.25, -0.2) is 4.79 Å². The maximum absolute atomic E-state index is 13.2. The average molecular weight is 472 g/mol. The minimum atomic E-state index is -0.839. The number of likely N-dealkylation sites (tertiary alicyclic amines) is 1. The van der Waals surface area contributed by atoms with Crippen LogP contribution >= 0.6 is 0 Å². The topological polar surface area (TPSA) is 93.1 Å². The van der Waals surface area contributed by atoms with Crippen LogP contribution in [0.1, 0.15) is 40.0 Å². The highest BCUT2D eigenvalue weighted by atomic mass is 16.5. The number of Topliss-reactive ketones (excluding diaryl/α,β-unsaturated/α-hetero) is 1. The van der Waals surface area contributed by atoms with Gasteiger partial charge in [0.05, 0.1) is 30.9 Å². The highest BCUT2D eigenvalue weighted by molar-refractivity contribution is 6.46. The van der Waals surface area contributed by atoms with Gasteiger partial charge in [0.15, 0.2) is 0 Å². The zero-order valence-electron chi connectivity index (χ0n) is 19.4. The van der Waals surface area contributed by atoms with Gasteiger partial charge in [0.2, 0.25) is 0 Å². The number of aliphatic hydroxyl groups is 1. The summed E-state index contributed by atoms with van der Waals surface area (Å²) < 4.78 is 10.2. The number of aliphatic hydroxyl groups excluding tert-OH is 1. The highest BCUT2D eigenvalue weighted by Gasteiger charge is 2.46. The van der Waals surface area contributed by atoms with E-state index < -0.39 is 23.7 Å². The second-order valence-corrected chi connectivity index (χ2v) is 7.98. The summed E-state index contributed by atoms with van der Waals surface area (Å²) in [6.45, 7) is 2.54. The lowest BCUT2D eigenvalue weighted by Gasteiger charge is -2.25. The molecule has 0 radical (unpaired) electrons. The van der Waals surface area contributed by atoms with Crippen molar-refractivity contribution in [1.29, 1.82) is 0 Å². The maximum atomic E-state index is 13.2. The number of hydrogen-bond donors (Lipinski definition) is 1. The Balaban J connectivity index is 1.81. The Morgan fingerprint density at radius 2 is 1.54 bits per heavy atom. The number of esters is 1. The average Bonchev–Trinajstić information content (AvgIpc) is 3.14. The lowest BCUT2D eigenvalue weighted by molar-refractivity contribution is -0.140. The first-order chi connectivity index (χ1) is 16.9. The Labute approximate surface area is 203 Å². The molecule has 7 nitrogen and oxygen atoms in total. The van der Waals surface area contributed by atoms with Crippen LogP contribution in [0.3, 0.4) is 0 Å². The molecule has 1 heterocycles. The number of benzene rings is 3. The minimum absolute atomic E-state index is 0.0130. The Morgan fingerprint density at radius 3 is 2.14 bits per heavy atom. The van der Waals surface area contributed by atoms with Crippen LogP contribution in [0, 0.1) is 0 Å². The van der Waals surface area contributed by atoms with Gasteiger partial charge in [-0.1, -0.05) is 42.5 Å². The molecule has 3 aromatic carbocycles. The largest absolute Gasteiger partial charge is 0.507 e. The van der Waals surface area contributed by atoms with E-state index in [0.29, 0.717) is 29.0 Å². The van der Waals surface area contributed by atoms with Gasteiger partial charge in [-0.2, -0.15) is 0 Å². The molecule has 0 spiro atoms. The van der Waals surface area contributed by atoms with E-state index in [4.69, 9.17) is 9.47 Å². The van der Waals surface area contributed by atoms with Crippen molar-refractivity contribution < 1.29 is 29.0 Å². The normalized spacial score (nSPS) is 16.9. The summed E-state index contributed by atoms with van der Waals surface area (Å²) in [5.41, 5.74) is 2.14. The summed E-state index contributed by atoms with van der Waals surface area (Å²) in [5, 5.41) is 11.2. The molecule has 1 aliphatic rings. The third kappa shape index (κ3) is 4.80. The Hall–Kier alpha value is -4.39. The third-order valence-electron chi connectivity index (χ3n) is 5.82. The second kappa shape index (κ2) is 10.3. The quantitative estimate of drug-likeness (QED) is 0.236. The molecular weight excluding hydrogens is 446 g/mol. The molecule has 0 saturated carbocycles. The summed E-state index contributed by atoms with van der Waals surface area (Å²) in [6, 6.07) is 21.6. The van der Waals surface area contributed by atoms with E-state index in [0.717, 1.165) is 5.56 Å². The van der Waals surface area contributed by atoms with Crippen molar-refractivity contribution in [2.45, 2.75) is 19.5 Å². The molecule has 3 aromatic rings. The molecule has 35 heavy (non-hydrogen) atoms. The van der Waals surface area contributed by atoms with E-state index >= 15 is 0 Å². The van der Waals surface area contributed by atoms with Crippen molar-refractivity contribution >= 4 is 23.4 Å². The molecule has 0 aromatic heterocycles. The van der Waals surface area contributed by atoms with E-state index in [2.05, 4.69) is 0 Å². The molecule has 1 atom stereocenters. The molecule has 0 aliphatic carbocycles. The lowest BCUT2D eigenvalue weighted by atomic mass is 9.94. The van der Waals surface area contributed by atoms with Crippen molar-refractivity contribution in [3.8, 4) is 5.75 Å². The molecule has 178 valence electrons. The van der Waals surface area contributed by atoms with Gasteiger partial charge in [-0.15, -0.1) is 0 Å². The molecule has 1 unspecified atom stereocenters. The first-order valence-corrected chi connectivity index (χ1v) is 11.2. The molecule has 1 aliphatic heterocycles. The summed E-state index contributed by atoms with van der Waals surface area (Å²) in [5.74, 6) is -1.62. The number of ether oxygens (including phenoxy) is 2. The third-order valence-corrected chi connectivity index (χ3v) is 5.82. The monoisotopic (exact) mass is 471 g/mol. The van der Waals surface area contributed by atoms with Gasteiger partial charge < -0.3 is 19.5 Å². The number of amides is 1. The Kier molecular flexibility index (Phi) is 6.96. The number of carbonyl (C=O) groups is 3. The van der Waals surface area contributed by atoms with Crippen LogP contribution in [0.25, 0.3) is 5.76 Å². The van der Waals surface area contributed by atoms with E-state index in [9.17, 15) is 19.5 Å². The van der Waals surface area contributed by atoms with Crippen LogP contribution in [0.5, 0.6) is 5.75 Å². The molecular formula is C28H25NO6. The number of rotatable bonds is 7. The molecule has 1 fully saturated rings. The predicted octanol–water partition coefficient (Wildman–Crippen LogP) is 4.49. The summed E-state index contributed by atoms with van der Waals surface area (Å²) in [7, 11) is 1.29. The lowest BCUT2D eigenvalue weighted by Crippen LogP contribution is -2.29. The van der Waals surface area contributed by atoms with Crippen LogP contribution in [-0.4, -0.2) is 41.4 Å². The first-order valence-electron chi connectivity index (χ1n) is 11.2. The van der Waals surface area contributed by atoms with Crippen molar-refractivity contribution in [2.75, 3.05) is 13.7 Å². The molecule has 0 bridgehead atoms. The Bertz CT molecular complexity index is 1260. The number of carbonyl (C=O) groups excluding carboxylic acids is 3. The number of hydrogen-bond acceptors (Lipinski definition) is 6. The van der Waals surface area contributed by atoms with Crippen LogP contribution in [0.4, 0.5) is 0 Å². The van der Waals surface area contributed by atoms with Gasteiger partial charge in [0.1, 0.15) is 11.5 Å². The van der Waals surface area contributed by atoms with Crippen molar-refractivity contribution in [3.05, 3.63) is 107 Å². The number of ketones is 1. The maximum Gasteiger partial charge on any atom is 0.337 e. The smallest absolute Gasteiger partial charge is 0.337 e. The fourth-order valence-corrected chi connectivity index (χ4v) is 4.12. The highest BCUT2D eigenvalue weighted by Crippen LogP contribution is 2.40. The summed E-state index contributed by atoms with van der Waals surface area (Å²) in [4.78, 5) is 39.6. The van der Waals surface area contributed by atoms with Gasteiger partial charge >= 0.3 is 5.97 Å². The van der Waals surface area contributed by atoms with Crippen molar-refractivity contribution in [3.63, 3.8) is 0 Å². The second-order valence-electron chi connectivity index (χ2n) is 7.98. The van der Waals surface area contributed by atoms with Gasteiger partial charge in [0.25, 0.3) is 11.7 Å². The van der Waals surface area contributed by atoms with E-state index in [-0.39, 0.29) is 17.9 Å². The molecule has 4 rings (SSSR count). The summed E-state index contributed by atoms with van der Waals surface area (Å²) >= 11 is 0. The fourth-order valence-electron chi connectivity index (χ4n) is 4.12. The van der Waals surface area contributed by atoms with Crippen LogP contribution in [0.15, 0.2) is 84.4 Å². The number of methoxy groups -OCH3 is 1. The van der Waals surface area contributed by atoms with Gasteiger partial charge in [-0.05, 0) is 54.4 Å². The number of nitrogens with zero attached hydrogens (tertiary/aromatic N) is 1. The fraction of sp³-hybridized carbons (Fsp3) is 0.179. The van der Waals surface area contributed by atoms with Crippen LogP contribution < -0.4 is 4.74 Å². The zero-order valence-corrected chi connectivity index (χ0v) is 19.4. The van der Waals surface area contributed by atoms with Crippen LogP contribution in [-0.2, 0) is 20.9 Å². The molecule has 1 saturated heterocycles. The van der Waals surface area contributed by atoms with Gasteiger partial charge in [0, 0.05) is 12.1 Å². The first kappa shape index (κ1) is 23.8. The van der Waals surface area contributed by atoms with Gasteiger partial charge in [-0.3, -0.25) is 9.59 Å². The van der Waals surface area contributed by atoms with Crippen LogP contribution in [0.2, 0.25) is 0 Å². The molecule has 1 N–H and O–H groups in total. The summed E-state index contributed by atoms with van der Waals surface area (Å²) in [6.07, 6.45) is 0.